The first kappa shape index (κ1) is 27.0. The van der Waals surface area contributed by atoms with Crippen LogP contribution in [0.1, 0.15) is 47.9 Å². The number of benzene rings is 1. The maximum absolute atomic E-state index is 14.6. The molecule has 0 radical (unpaired) electrons. The Labute approximate surface area is 221 Å². The van der Waals surface area contributed by atoms with Gasteiger partial charge in [0.25, 0.3) is 5.91 Å². The number of pyridine rings is 1. The van der Waals surface area contributed by atoms with Gasteiger partial charge in [-0.15, -0.1) is 0 Å². The summed E-state index contributed by atoms with van der Waals surface area (Å²) in [6, 6.07) is 5.93. The highest BCUT2D eigenvalue weighted by molar-refractivity contribution is 6.12. The molecule has 0 aliphatic carbocycles. The van der Waals surface area contributed by atoms with Gasteiger partial charge in [-0.05, 0) is 67.0 Å². The van der Waals surface area contributed by atoms with Crippen molar-refractivity contribution >= 4 is 29.5 Å². The Morgan fingerprint density at radius 1 is 1.18 bits per heavy atom. The Bertz CT molecular complexity index is 1390. The standard InChI is InChI=1S/C28H33FN6O3/c1-6-19(20-8-7-16(2)24(29)17(20)3)15-23(36)35-25(27(38)34(5)28-32-11-12-33(28)4)21(26(35)37)13-18-9-10-31-22(30)14-18/h7-12,14,19,21,25H,6,13,15H2,1-5H3,(H2,30,31)/t19-,21+,25-/m0/s1. The number of amides is 3. The molecule has 10 heteroatoms. The zero-order valence-corrected chi connectivity index (χ0v) is 22.3. The fourth-order valence-corrected chi connectivity index (χ4v) is 5.22. The highest BCUT2D eigenvalue weighted by atomic mass is 19.1. The fourth-order valence-electron chi connectivity index (χ4n) is 5.22. The average molecular weight is 521 g/mol. The number of carbonyl (C=O) groups is 3. The molecule has 0 saturated carbocycles. The van der Waals surface area contributed by atoms with E-state index in [4.69, 9.17) is 5.73 Å². The molecule has 0 unspecified atom stereocenters. The molecular formula is C28H33FN6O3. The van der Waals surface area contributed by atoms with E-state index in [1.54, 1.807) is 69.3 Å². The fraction of sp³-hybridized carbons (Fsp3) is 0.393. The lowest BCUT2D eigenvalue weighted by molar-refractivity contribution is -0.170. The first-order valence-corrected chi connectivity index (χ1v) is 12.6. The highest BCUT2D eigenvalue weighted by Crippen LogP contribution is 2.36. The SMILES string of the molecule is CC[C@@H](CC(=O)N1C(=O)[C@H](Cc2ccnc(N)c2)[C@H]1C(=O)N(C)c1nccn1C)c1ccc(C)c(F)c1C. The topological polar surface area (TPSA) is 114 Å². The highest BCUT2D eigenvalue weighted by Gasteiger charge is 2.55. The minimum Gasteiger partial charge on any atom is -0.384 e. The number of nitrogens with zero attached hydrogens (tertiary/aromatic N) is 5. The number of nitrogen functional groups attached to an aromatic ring is 1. The average Bonchev–Trinajstić information content (AvgIpc) is 3.32. The van der Waals surface area contributed by atoms with E-state index >= 15 is 0 Å². The maximum atomic E-state index is 14.6. The summed E-state index contributed by atoms with van der Waals surface area (Å²) < 4.78 is 16.3. The number of β-lactam (4-membered cyclic amide) rings is 1. The number of aromatic nitrogens is 3. The molecule has 9 nitrogen and oxygen atoms in total. The predicted molar refractivity (Wildman–Crippen MR) is 142 cm³/mol. The molecule has 2 N–H and O–H groups in total. The van der Waals surface area contributed by atoms with E-state index in [1.165, 1.54) is 4.90 Å². The van der Waals surface area contributed by atoms with Crippen molar-refractivity contribution in [1.82, 2.24) is 19.4 Å². The molecule has 4 rings (SSSR count). The van der Waals surface area contributed by atoms with E-state index in [9.17, 15) is 18.8 Å². The quantitative estimate of drug-likeness (QED) is 0.456. The molecule has 1 aliphatic rings. The van der Waals surface area contributed by atoms with E-state index in [0.717, 1.165) is 16.0 Å². The van der Waals surface area contributed by atoms with Gasteiger partial charge in [-0.1, -0.05) is 19.1 Å². The van der Waals surface area contributed by atoms with Gasteiger partial charge in [-0.25, -0.2) is 14.4 Å². The monoisotopic (exact) mass is 520 g/mol. The molecule has 38 heavy (non-hydrogen) atoms. The summed E-state index contributed by atoms with van der Waals surface area (Å²) in [4.78, 5) is 51.3. The van der Waals surface area contributed by atoms with Crippen LogP contribution in [-0.4, -0.2) is 50.2 Å². The molecule has 0 bridgehead atoms. The normalized spacial score (nSPS) is 17.7. The molecule has 0 spiro atoms. The third-order valence-corrected chi connectivity index (χ3v) is 7.44. The number of carbonyl (C=O) groups excluding carboxylic acids is 3. The van der Waals surface area contributed by atoms with Crippen molar-refractivity contribution in [3.8, 4) is 0 Å². The molecule has 200 valence electrons. The van der Waals surface area contributed by atoms with Crippen molar-refractivity contribution in [2.45, 2.75) is 52.0 Å². The van der Waals surface area contributed by atoms with Crippen LogP contribution in [0.3, 0.4) is 0 Å². The molecule has 3 amide bonds. The summed E-state index contributed by atoms with van der Waals surface area (Å²) in [6.45, 7) is 5.31. The van der Waals surface area contributed by atoms with Crippen LogP contribution in [-0.2, 0) is 27.9 Å². The van der Waals surface area contributed by atoms with Gasteiger partial charge in [0, 0.05) is 39.1 Å². The third-order valence-electron chi connectivity index (χ3n) is 7.44. The van der Waals surface area contributed by atoms with Gasteiger partial charge in [-0.2, -0.15) is 0 Å². The Morgan fingerprint density at radius 2 is 1.92 bits per heavy atom. The van der Waals surface area contributed by atoms with Crippen molar-refractivity contribution in [2.24, 2.45) is 13.0 Å². The van der Waals surface area contributed by atoms with E-state index < -0.39 is 29.7 Å². The van der Waals surface area contributed by atoms with Gasteiger partial charge >= 0.3 is 0 Å². The molecule has 1 aliphatic heterocycles. The lowest BCUT2D eigenvalue weighted by atomic mass is 9.80. The second-order valence-corrected chi connectivity index (χ2v) is 9.90. The lowest BCUT2D eigenvalue weighted by Gasteiger charge is -2.46. The van der Waals surface area contributed by atoms with Crippen molar-refractivity contribution in [3.05, 3.63) is 70.9 Å². The molecule has 1 saturated heterocycles. The summed E-state index contributed by atoms with van der Waals surface area (Å²) in [5.74, 6) is -1.92. The largest absolute Gasteiger partial charge is 0.384 e. The third kappa shape index (κ3) is 4.90. The van der Waals surface area contributed by atoms with Crippen LogP contribution in [0.25, 0.3) is 0 Å². The van der Waals surface area contributed by atoms with Gasteiger partial charge in [0.05, 0.1) is 5.92 Å². The van der Waals surface area contributed by atoms with Crippen LogP contribution in [0.2, 0.25) is 0 Å². The van der Waals surface area contributed by atoms with Crippen molar-refractivity contribution in [2.75, 3.05) is 17.7 Å². The number of aryl methyl sites for hydroxylation is 2. The van der Waals surface area contributed by atoms with Crippen molar-refractivity contribution < 1.29 is 18.8 Å². The summed E-state index contributed by atoms with van der Waals surface area (Å²) in [6.07, 6.45) is 5.61. The van der Waals surface area contributed by atoms with Crippen molar-refractivity contribution in [1.29, 1.82) is 0 Å². The van der Waals surface area contributed by atoms with Crippen LogP contribution in [0.4, 0.5) is 16.2 Å². The Balaban J connectivity index is 1.63. The van der Waals surface area contributed by atoms with Gasteiger partial charge < -0.3 is 10.3 Å². The molecule has 3 aromatic rings. The van der Waals surface area contributed by atoms with E-state index in [-0.39, 0.29) is 24.6 Å². The number of likely N-dealkylation sites (tertiary alicyclic amines) is 1. The summed E-state index contributed by atoms with van der Waals surface area (Å²) in [5.41, 5.74) is 8.32. The lowest BCUT2D eigenvalue weighted by Crippen LogP contribution is -2.69. The number of imide groups is 1. The minimum absolute atomic E-state index is 0.0175. The van der Waals surface area contributed by atoms with Crippen LogP contribution in [0.15, 0.2) is 42.9 Å². The number of nitrogens with two attached hydrogens (primary N) is 1. The van der Waals surface area contributed by atoms with Crippen LogP contribution in [0, 0.1) is 25.6 Å². The number of anilines is 2. The Morgan fingerprint density at radius 3 is 2.55 bits per heavy atom. The Hall–Kier alpha value is -4.08. The van der Waals surface area contributed by atoms with Gasteiger partial charge in [0.2, 0.25) is 17.8 Å². The first-order chi connectivity index (χ1) is 18.0. The van der Waals surface area contributed by atoms with Crippen LogP contribution < -0.4 is 10.6 Å². The number of rotatable bonds is 8. The number of halogens is 1. The number of hydrogen-bond donors (Lipinski definition) is 1. The molecule has 1 fully saturated rings. The molecule has 2 aromatic heterocycles. The van der Waals surface area contributed by atoms with Gasteiger partial charge in [0.15, 0.2) is 0 Å². The van der Waals surface area contributed by atoms with Gasteiger partial charge in [-0.3, -0.25) is 24.2 Å². The van der Waals surface area contributed by atoms with E-state index in [0.29, 0.717) is 29.3 Å². The van der Waals surface area contributed by atoms with Crippen LogP contribution in [0.5, 0.6) is 0 Å². The van der Waals surface area contributed by atoms with Crippen LogP contribution >= 0.6 is 0 Å². The first-order valence-electron chi connectivity index (χ1n) is 12.6. The van der Waals surface area contributed by atoms with Crippen molar-refractivity contribution in [3.63, 3.8) is 0 Å². The summed E-state index contributed by atoms with van der Waals surface area (Å²) in [5, 5.41) is 0. The second-order valence-electron chi connectivity index (χ2n) is 9.90. The number of likely N-dealkylation sites (N-methyl/N-ethyl adjacent to an activating group) is 1. The Kier molecular flexibility index (Phi) is 7.61. The molecule has 1 aromatic carbocycles. The minimum atomic E-state index is -1.00. The second kappa shape index (κ2) is 10.7. The molecule has 3 atom stereocenters. The number of imidazole rings is 1. The number of hydrogen-bond acceptors (Lipinski definition) is 6. The molecular weight excluding hydrogens is 487 g/mol. The summed E-state index contributed by atoms with van der Waals surface area (Å²) in [7, 11) is 3.33. The van der Waals surface area contributed by atoms with E-state index in [2.05, 4.69) is 9.97 Å². The summed E-state index contributed by atoms with van der Waals surface area (Å²) >= 11 is 0. The zero-order chi connectivity index (χ0) is 27.7. The zero-order valence-electron chi connectivity index (χ0n) is 22.3. The maximum Gasteiger partial charge on any atom is 0.253 e. The smallest absolute Gasteiger partial charge is 0.253 e. The molecule has 3 heterocycles. The predicted octanol–water partition coefficient (Wildman–Crippen LogP) is 3.30. The van der Waals surface area contributed by atoms with Gasteiger partial charge in [0.1, 0.15) is 17.7 Å². The van der Waals surface area contributed by atoms with E-state index in [1.807, 2.05) is 13.0 Å².